The van der Waals surface area contributed by atoms with E-state index >= 15 is 0 Å². The first kappa shape index (κ1) is 17.5. The van der Waals surface area contributed by atoms with Crippen LogP contribution in [0.1, 0.15) is 30.5 Å². The van der Waals surface area contributed by atoms with Crippen LogP contribution in [0.25, 0.3) is 0 Å². The van der Waals surface area contributed by atoms with Crippen molar-refractivity contribution >= 4 is 11.9 Å². The van der Waals surface area contributed by atoms with Crippen LogP contribution in [0, 0.1) is 5.82 Å². The molecule has 1 fully saturated rings. The molecule has 3 rings (SSSR count). The number of benzene rings is 1. The molecule has 2 atom stereocenters. The first-order valence-corrected chi connectivity index (χ1v) is 8.24. The molecule has 0 aliphatic carbocycles. The predicted octanol–water partition coefficient (Wildman–Crippen LogP) is 1.79. The zero-order chi connectivity index (χ0) is 18.0. The highest BCUT2D eigenvalue weighted by Gasteiger charge is 2.28. The standard InChI is InChI=1S/C17H23FN6O/c1-11(15-20-16(19)22-17(21-15)23(2)3)24-7-8-25-14(10-24)12-5-4-6-13(18)9-12/h4-6,9,11,14H,7-8,10H2,1-3H3,(H2,19,20,21,22). The average molecular weight is 346 g/mol. The Morgan fingerprint density at radius 2 is 2.12 bits per heavy atom. The van der Waals surface area contributed by atoms with E-state index in [2.05, 4.69) is 19.9 Å². The van der Waals surface area contributed by atoms with Crippen molar-refractivity contribution in [3.63, 3.8) is 0 Å². The molecule has 1 saturated heterocycles. The Kier molecular flexibility index (Phi) is 5.10. The first-order valence-electron chi connectivity index (χ1n) is 8.24. The highest BCUT2D eigenvalue weighted by Crippen LogP contribution is 2.28. The quantitative estimate of drug-likeness (QED) is 0.904. The van der Waals surface area contributed by atoms with Gasteiger partial charge in [0, 0.05) is 27.2 Å². The van der Waals surface area contributed by atoms with Crippen molar-refractivity contribution in [2.45, 2.75) is 19.1 Å². The number of aromatic nitrogens is 3. The molecule has 1 aromatic carbocycles. The highest BCUT2D eigenvalue weighted by molar-refractivity contribution is 5.33. The normalized spacial score (nSPS) is 19.6. The summed E-state index contributed by atoms with van der Waals surface area (Å²) in [5.74, 6) is 1.10. The van der Waals surface area contributed by atoms with Gasteiger partial charge in [-0.05, 0) is 24.6 Å². The zero-order valence-electron chi connectivity index (χ0n) is 14.7. The lowest BCUT2D eigenvalue weighted by Crippen LogP contribution is -2.40. The summed E-state index contributed by atoms with van der Waals surface area (Å²) >= 11 is 0. The molecule has 7 nitrogen and oxygen atoms in total. The van der Waals surface area contributed by atoms with E-state index in [0.717, 1.165) is 12.1 Å². The lowest BCUT2D eigenvalue weighted by atomic mass is 10.1. The summed E-state index contributed by atoms with van der Waals surface area (Å²) in [5.41, 5.74) is 6.66. The fourth-order valence-electron chi connectivity index (χ4n) is 2.88. The number of anilines is 2. The summed E-state index contributed by atoms with van der Waals surface area (Å²) in [5, 5.41) is 0. The van der Waals surface area contributed by atoms with Crippen molar-refractivity contribution in [2.75, 3.05) is 44.4 Å². The molecule has 1 aromatic heterocycles. The van der Waals surface area contributed by atoms with Gasteiger partial charge in [-0.2, -0.15) is 15.0 Å². The molecule has 2 N–H and O–H groups in total. The van der Waals surface area contributed by atoms with E-state index in [9.17, 15) is 4.39 Å². The number of nitrogens with zero attached hydrogens (tertiary/aromatic N) is 5. The number of rotatable bonds is 4. The maximum Gasteiger partial charge on any atom is 0.229 e. The second kappa shape index (κ2) is 7.28. The van der Waals surface area contributed by atoms with Crippen LogP contribution in [-0.2, 0) is 4.74 Å². The number of morpholine rings is 1. The zero-order valence-corrected chi connectivity index (χ0v) is 14.7. The van der Waals surface area contributed by atoms with Gasteiger partial charge in [0.25, 0.3) is 0 Å². The Hall–Kier alpha value is -2.32. The van der Waals surface area contributed by atoms with Crippen LogP contribution in [0.2, 0.25) is 0 Å². The van der Waals surface area contributed by atoms with Crippen LogP contribution in [0.4, 0.5) is 16.3 Å². The van der Waals surface area contributed by atoms with Gasteiger partial charge in [-0.25, -0.2) is 4.39 Å². The Bertz CT molecular complexity index is 741. The maximum absolute atomic E-state index is 13.5. The van der Waals surface area contributed by atoms with Crippen LogP contribution in [0.5, 0.6) is 0 Å². The Balaban J connectivity index is 1.79. The number of nitrogen functional groups attached to an aromatic ring is 1. The molecular weight excluding hydrogens is 323 g/mol. The molecule has 8 heteroatoms. The molecule has 0 spiro atoms. The van der Waals surface area contributed by atoms with E-state index in [4.69, 9.17) is 10.5 Å². The van der Waals surface area contributed by atoms with Crippen molar-refractivity contribution in [3.8, 4) is 0 Å². The molecule has 1 aliphatic rings. The van der Waals surface area contributed by atoms with Gasteiger partial charge in [-0.15, -0.1) is 0 Å². The van der Waals surface area contributed by atoms with Gasteiger partial charge in [0.1, 0.15) is 5.82 Å². The molecule has 2 unspecified atom stereocenters. The van der Waals surface area contributed by atoms with Crippen molar-refractivity contribution in [3.05, 3.63) is 41.5 Å². The largest absolute Gasteiger partial charge is 0.371 e. The average Bonchev–Trinajstić information content (AvgIpc) is 2.60. The van der Waals surface area contributed by atoms with Crippen LogP contribution < -0.4 is 10.6 Å². The molecule has 0 saturated carbocycles. The van der Waals surface area contributed by atoms with Gasteiger partial charge in [0.15, 0.2) is 5.82 Å². The van der Waals surface area contributed by atoms with Gasteiger partial charge in [-0.1, -0.05) is 12.1 Å². The van der Waals surface area contributed by atoms with E-state index in [1.165, 1.54) is 12.1 Å². The maximum atomic E-state index is 13.5. The molecule has 0 radical (unpaired) electrons. The summed E-state index contributed by atoms with van der Waals surface area (Å²) in [7, 11) is 3.72. The minimum Gasteiger partial charge on any atom is -0.371 e. The third kappa shape index (κ3) is 4.02. The predicted molar refractivity (Wildman–Crippen MR) is 93.6 cm³/mol. The van der Waals surface area contributed by atoms with Crippen molar-refractivity contribution in [1.29, 1.82) is 0 Å². The van der Waals surface area contributed by atoms with Gasteiger partial charge in [0.2, 0.25) is 11.9 Å². The molecule has 0 bridgehead atoms. The van der Waals surface area contributed by atoms with E-state index < -0.39 is 0 Å². The number of hydrogen-bond donors (Lipinski definition) is 1. The second-order valence-corrected chi connectivity index (χ2v) is 6.33. The Morgan fingerprint density at radius 1 is 1.32 bits per heavy atom. The molecule has 134 valence electrons. The van der Waals surface area contributed by atoms with E-state index in [1.54, 1.807) is 11.0 Å². The van der Waals surface area contributed by atoms with Crippen LogP contribution in [0.15, 0.2) is 24.3 Å². The van der Waals surface area contributed by atoms with Crippen molar-refractivity contribution in [1.82, 2.24) is 19.9 Å². The van der Waals surface area contributed by atoms with Gasteiger partial charge >= 0.3 is 0 Å². The second-order valence-electron chi connectivity index (χ2n) is 6.33. The fraction of sp³-hybridized carbons (Fsp3) is 0.471. The summed E-state index contributed by atoms with van der Waals surface area (Å²) < 4.78 is 19.3. The van der Waals surface area contributed by atoms with Crippen molar-refractivity contribution in [2.24, 2.45) is 0 Å². The van der Waals surface area contributed by atoms with Gasteiger partial charge in [-0.3, -0.25) is 4.90 Å². The Morgan fingerprint density at radius 3 is 2.84 bits per heavy atom. The third-order valence-corrected chi connectivity index (χ3v) is 4.30. The van der Waals surface area contributed by atoms with Gasteiger partial charge < -0.3 is 15.4 Å². The molecule has 2 aromatic rings. The summed E-state index contributed by atoms with van der Waals surface area (Å²) in [6.45, 7) is 3.97. The monoisotopic (exact) mass is 346 g/mol. The summed E-state index contributed by atoms with van der Waals surface area (Å²) in [6.07, 6.45) is -0.181. The van der Waals surface area contributed by atoms with E-state index in [0.29, 0.717) is 24.9 Å². The SMILES string of the molecule is CC(c1nc(N)nc(N(C)C)n1)N1CCOC(c2cccc(F)c2)C1. The van der Waals surface area contributed by atoms with Crippen molar-refractivity contribution < 1.29 is 9.13 Å². The third-order valence-electron chi connectivity index (χ3n) is 4.30. The lowest BCUT2D eigenvalue weighted by Gasteiger charge is -2.36. The number of ether oxygens (including phenoxy) is 1. The smallest absolute Gasteiger partial charge is 0.229 e. The molecule has 25 heavy (non-hydrogen) atoms. The van der Waals surface area contributed by atoms with Crippen LogP contribution >= 0.6 is 0 Å². The van der Waals surface area contributed by atoms with E-state index in [1.807, 2.05) is 27.1 Å². The molecule has 1 aliphatic heterocycles. The summed E-state index contributed by atoms with van der Waals surface area (Å²) in [6, 6.07) is 6.48. The Labute approximate surface area is 146 Å². The molecule has 2 heterocycles. The highest BCUT2D eigenvalue weighted by atomic mass is 19.1. The molecular formula is C17H23FN6O. The van der Waals surface area contributed by atoms with Gasteiger partial charge in [0.05, 0.1) is 18.8 Å². The number of nitrogens with two attached hydrogens (primary N) is 1. The lowest BCUT2D eigenvalue weighted by molar-refractivity contribution is -0.0443. The fourth-order valence-corrected chi connectivity index (χ4v) is 2.88. The number of halogens is 1. The summed E-state index contributed by atoms with van der Waals surface area (Å²) in [4.78, 5) is 16.9. The minimum absolute atomic E-state index is 0.0519. The van der Waals surface area contributed by atoms with Crippen LogP contribution in [0.3, 0.4) is 0 Å². The molecule has 0 amide bonds. The first-order chi connectivity index (χ1) is 11.9. The van der Waals surface area contributed by atoms with Crippen LogP contribution in [-0.4, -0.2) is 53.6 Å². The van der Waals surface area contributed by atoms with E-state index in [-0.39, 0.29) is 23.9 Å². The topological polar surface area (TPSA) is 80.4 Å². The minimum atomic E-state index is -0.257. The number of hydrogen-bond acceptors (Lipinski definition) is 7.